The van der Waals surface area contributed by atoms with Gasteiger partial charge in [-0.05, 0) is 58.1 Å². The van der Waals surface area contributed by atoms with Crippen molar-refractivity contribution < 1.29 is 36.3 Å². The molecular formula is C27H34F3N3O5S2. The number of benzene rings is 1. The van der Waals surface area contributed by atoms with Crippen LogP contribution in [0.2, 0.25) is 0 Å². The van der Waals surface area contributed by atoms with Crippen molar-refractivity contribution in [1.82, 2.24) is 15.0 Å². The summed E-state index contributed by atoms with van der Waals surface area (Å²) in [4.78, 5) is 27.9. The van der Waals surface area contributed by atoms with Crippen molar-refractivity contribution in [2.24, 2.45) is 11.8 Å². The summed E-state index contributed by atoms with van der Waals surface area (Å²) in [5.41, 5.74) is -2.04. The molecule has 2 saturated carbocycles. The zero-order valence-corrected chi connectivity index (χ0v) is 24.2. The third kappa shape index (κ3) is 6.85. The summed E-state index contributed by atoms with van der Waals surface area (Å²) in [5, 5.41) is 11.9. The Labute approximate surface area is 235 Å². The van der Waals surface area contributed by atoms with Gasteiger partial charge in [-0.15, -0.1) is 11.3 Å². The monoisotopic (exact) mass is 601 g/mol. The van der Waals surface area contributed by atoms with Crippen LogP contribution in [-0.2, 0) is 21.2 Å². The van der Waals surface area contributed by atoms with E-state index in [0.29, 0.717) is 25.0 Å². The van der Waals surface area contributed by atoms with Gasteiger partial charge in [-0.2, -0.15) is 0 Å². The van der Waals surface area contributed by atoms with Crippen LogP contribution in [0.25, 0.3) is 10.4 Å². The Morgan fingerprint density at radius 3 is 2.38 bits per heavy atom. The summed E-state index contributed by atoms with van der Waals surface area (Å²) in [6, 6.07) is 1.80. The molecule has 0 aliphatic heterocycles. The van der Waals surface area contributed by atoms with Crippen molar-refractivity contribution in [3.63, 3.8) is 0 Å². The van der Waals surface area contributed by atoms with Crippen LogP contribution >= 0.6 is 11.3 Å². The molecule has 40 heavy (non-hydrogen) atoms. The Hall–Kier alpha value is -2.51. The van der Waals surface area contributed by atoms with Gasteiger partial charge in [0.15, 0.2) is 5.01 Å². The van der Waals surface area contributed by atoms with Crippen LogP contribution in [0.15, 0.2) is 17.0 Å². The number of carbonyl (C=O) groups excluding carboxylic acids is 1. The number of amides is 1. The lowest BCUT2D eigenvalue weighted by Crippen LogP contribution is -2.46. The van der Waals surface area contributed by atoms with E-state index in [9.17, 15) is 26.8 Å². The number of halogens is 3. The van der Waals surface area contributed by atoms with Crippen molar-refractivity contribution in [2.45, 2.75) is 95.0 Å². The molecule has 1 amide bonds. The standard InChI is InChI=1S/C27H34F3N3O5S2/c1-27(2,3)33-40(37,38)19-10-9-17(21(28)20(19)23(29)30)22-18(11-14-7-5-4-6-8-14)32-25(39-22)24(34)31-16-12-15(13-16)26(35)36/h9-10,14-16,23,33H,4-8,11-13H2,1-3H3,(H,31,34)(H,35,36). The summed E-state index contributed by atoms with van der Waals surface area (Å²) in [7, 11) is -4.46. The lowest BCUT2D eigenvalue weighted by Gasteiger charge is -2.32. The molecule has 0 atom stereocenters. The maximum absolute atomic E-state index is 15.8. The lowest BCUT2D eigenvalue weighted by molar-refractivity contribution is -0.145. The third-order valence-electron chi connectivity index (χ3n) is 7.25. The van der Waals surface area contributed by atoms with Crippen LogP contribution in [0.5, 0.6) is 0 Å². The average Bonchev–Trinajstić information content (AvgIpc) is 3.22. The number of aliphatic carboxylic acids is 1. The van der Waals surface area contributed by atoms with E-state index in [4.69, 9.17) is 5.11 Å². The molecule has 220 valence electrons. The number of thiazole rings is 1. The van der Waals surface area contributed by atoms with E-state index in [1.165, 1.54) is 0 Å². The fourth-order valence-electron chi connectivity index (χ4n) is 5.29. The molecule has 2 aromatic rings. The second kappa shape index (κ2) is 11.8. The predicted molar refractivity (Wildman–Crippen MR) is 144 cm³/mol. The van der Waals surface area contributed by atoms with Gasteiger partial charge < -0.3 is 10.4 Å². The molecule has 0 saturated heterocycles. The van der Waals surface area contributed by atoms with Crippen molar-refractivity contribution in [1.29, 1.82) is 0 Å². The fourth-order valence-corrected chi connectivity index (χ4v) is 7.94. The first-order chi connectivity index (χ1) is 18.7. The topological polar surface area (TPSA) is 125 Å². The number of aromatic nitrogens is 1. The number of nitrogens with zero attached hydrogens (tertiary/aromatic N) is 1. The smallest absolute Gasteiger partial charge is 0.306 e. The van der Waals surface area contributed by atoms with Crippen molar-refractivity contribution >= 4 is 33.2 Å². The largest absolute Gasteiger partial charge is 0.481 e. The highest BCUT2D eigenvalue weighted by Gasteiger charge is 2.37. The first-order valence-corrected chi connectivity index (χ1v) is 15.6. The Balaban J connectivity index is 1.72. The molecule has 0 unspecified atom stereocenters. The van der Waals surface area contributed by atoms with Gasteiger partial charge >= 0.3 is 5.97 Å². The molecule has 13 heteroatoms. The van der Waals surface area contributed by atoms with Gasteiger partial charge in [0.25, 0.3) is 12.3 Å². The van der Waals surface area contributed by atoms with Gasteiger partial charge in [0.1, 0.15) is 5.82 Å². The van der Waals surface area contributed by atoms with E-state index in [0.717, 1.165) is 55.6 Å². The summed E-state index contributed by atoms with van der Waals surface area (Å²) < 4.78 is 72.3. The van der Waals surface area contributed by atoms with Crippen molar-refractivity contribution in [3.05, 3.63) is 34.2 Å². The minimum atomic E-state index is -4.46. The van der Waals surface area contributed by atoms with Gasteiger partial charge in [0, 0.05) is 17.1 Å². The lowest BCUT2D eigenvalue weighted by atomic mass is 9.80. The van der Waals surface area contributed by atoms with E-state index >= 15 is 4.39 Å². The van der Waals surface area contributed by atoms with Crippen LogP contribution in [0, 0.1) is 17.7 Å². The maximum atomic E-state index is 15.8. The molecular weight excluding hydrogens is 567 g/mol. The third-order valence-corrected chi connectivity index (χ3v) is 10.2. The molecule has 0 bridgehead atoms. The van der Waals surface area contributed by atoms with Crippen LogP contribution in [0.4, 0.5) is 13.2 Å². The number of hydrogen-bond donors (Lipinski definition) is 3. The molecule has 0 radical (unpaired) electrons. The van der Waals surface area contributed by atoms with Gasteiger partial charge in [-0.3, -0.25) is 9.59 Å². The molecule has 2 aliphatic rings. The predicted octanol–water partition coefficient (Wildman–Crippen LogP) is 5.68. The summed E-state index contributed by atoms with van der Waals surface area (Å²) in [6.07, 6.45) is 2.62. The van der Waals surface area contributed by atoms with Crippen LogP contribution in [0.3, 0.4) is 0 Å². The van der Waals surface area contributed by atoms with E-state index in [1.807, 2.05) is 0 Å². The Kier molecular flexibility index (Phi) is 8.96. The van der Waals surface area contributed by atoms with Crippen molar-refractivity contribution in [3.8, 4) is 10.4 Å². The quantitative estimate of drug-likeness (QED) is 0.340. The first kappa shape index (κ1) is 30.4. The summed E-state index contributed by atoms with van der Waals surface area (Å²) in [5.74, 6) is -3.12. The Morgan fingerprint density at radius 2 is 1.80 bits per heavy atom. The molecule has 3 N–H and O–H groups in total. The Bertz CT molecular complexity index is 1380. The van der Waals surface area contributed by atoms with Gasteiger partial charge in [0.2, 0.25) is 10.0 Å². The molecule has 1 aromatic heterocycles. The number of nitrogens with one attached hydrogen (secondary N) is 2. The molecule has 4 rings (SSSR count). The second-order valence-electron chi connectivity index (χ2n) is 11.7. The Morgan fingerprint density at radius 1 is 1.15 bits per heavy atom. The number of carboxylic acid groups (broad SMARTS) is 1. The number of alkyl halides is 2. The van der Waals surface area contributed by atoms with Crippen LogP contribution < -0.4 is 10.0 Å². The van der Waals surface area contributed by atoms with E-state index < -0.39 is 56.1 Å². The highest BCUT2D eigenvalue weighted by Crippen LogP contribution is 2.41. The maximum Gasteiger partial charge on any atom is 0.306 e. The second-order valence-corrected chi connectivity index (χ2v) is 14.3. The van der Waals surface area contributed by atoms with Crippen LogP contribution in [-0.4, -0.2) is 42.0 Å². The molecule has 1 aromatic carbocycles. The zero-order valence-electron chi connectivity index (χ0n) is 22.6. The van der Waals surface area contributed by atoms with Gasteiger partial charge in [-0.1, -0.05) is 32.1 Å². The SMILES string of the molecule is CC(C)(C)NS(=O)(=O)c1ccc(-c2sc(C(=O)NC3CC(C(=O)O)C3)nc2CC2CCCCC2)c(F)c1C(F)F. The summed E-state index contributed by atoms with van der Waals surface area (Å²) >= 11 is 0.861. The molecule has 8 nitrogen and oxygen atoms in total. The minimum absolute atomic E-state index is 0.0173. The molecule has 0 spiro atoms. The zero-order chi connectivity index (χ0) is 29.4. The molecule has 2 fully saturated rings. The number of carboxylic acids is 1. The fraction of sp³-hybridized carbons (Fsp3) is 0.593. The highest BCUT2D eigenvalue weighted by molar-refractivity contribution is 7.89. The number of carbonyl (C=O) groups is 2. The van der Waals surface area contributed by atoms with E-state index in [2.05, 4.69) is 15.0 Å². The minimum Gasteiger partial charge on any atom is -0.481 e. The van der Waals surface area contributed by atoms with Gasteiger partial charge in [-0.25, -0.2) is 31.3 Å². The van der Waals surface area contributed by atoms with Crippen molar-refractivity contribution in [2.75, 3.05) is 0 Å². The number of hydrogen-bond acceptors (Lipinski definition) is 6. The summed E-state index contributed by atoms with van der Waals surface area (Å²) in [6.45, 7) is 4.64. The molecule has 2 aliphatic carbocycles. The average molecular weight is 602 g/mol. The normalized spacial score (nSPS) is 20.4. The first-order valence-electron chi connectivity index (χ1n) is 13.3. The van der Waals surface area contributed by atoms with E-state index in [-0.39, 0.29) is 27.4 Å². The van der Waals surface area contributed by atoms with Crippen LogP contribution in [0.1, 0.15) is 93.2 Å². The molecule has 1 heterocycles. The van der Waals surface area contributed by atoms with Gasteiger partial charge in [0.05, 0.1) is 26.9 Å². The highest BCUT2D eigenvalue weighted by atomic mass is 32.2. The number of sulfonamides is 1. The number of rotatable bonds is 9. The van der Waals surface area contributed by atoms with E-state index in [1.54, 1.807) is 20.8 Å².